The second-order valence-corrected chi connectivity index (χ2v) is 7.34. The molecule has 1 N–H and O–H groups in total. The molecule has 4 nitrogen and oxygen atoms in total. The van der Waals surface area contributed by atoms with E-state index >= 15 is 0 Å². The van der Waals surface area contributed by atoms with Crippen molar-refractivity contribution in [2.24, 2.45) is 5.92 Å². The van der Waals surface area contributed by atoms with Gasteiger partial charge in [-0.15, -0.1) is 11.3 Å². The molecule has 2 heterocycles. The van der Waals surface area contributed by atoms with Gasteiger partial charge in [-0.3, -0.25) is 9.59 Å². The molecule has 0 bridgehead atoms. The Morgan fingerprint density at radius 2 is 1.95 bits per heavy atom. The molecule has 21 heavy (non-hydrogen) atoms. The van der Waals surface area contributed by atoms with E-state index in [1.807, 2.05) is 27.7 Å². The highest BCUT2D eigenvalue weighted by molar-refractivity contribution is 7.12. The van der Waals surface area contributed by atoms with Crippen LogP contribution in [0.1, 0.15) is 49.9 Å². The van der Waals surface area contributed by atoms with E-state index in [-0.39, 0.29) is 29.8 Å². The molecule has 1 aromatic rings. The predicted octanol–water partition coefficient (Wildman–Crippen LogP) is 2.88. The monoisotopic (exact) mass is 308 g/mol. The molecule has 5 heteroatoms. The first-order valence-corrected chi connectivity index (χ1v) is 8.37. The van der Waals surface area contributed by atoms with Crippen LogP contribution >= 0.6 is 11.3 Å². The Kier molecular flexibility index (Phi) is 4.71. The van der Waals surface area contributed by atoms with Crippen molar-refractivity contribution in [3.63, 3.8) is 0 Å². The number of aryl methyl sites for hydroxylation is 1. The van der Waals surface area contributed by atoms with Crippen LogP contribution < -0.4 is 5.32 Å². The van der Waals surface area contributed by atoms with Crippen LogP contribution in [-0.4, -0.2) is 28.8 Å². The molecule has 1 aliphatic heterocycles. The van der Waals surface area contributed by atoms with Crippen LogP contribution in [0.25, 0.3) is 0 Å². The van der Waals surface area contributed by atoms with Crippen molar-refractivity contribution in [2.45, 2.75) is 59.2 Å². The van der Waals surface area contributed by atoms with Gasteiger partial charge in [0.1, 0.15) is 12.1 Å². The molecule has 2 rings (SSSR count). The van der Waals surface area contributed by atoms with Crippen molar-refractivity contribution >= 4 is 23.2 Å². The first kappa shape index (κ1) is 16.0. The summed E-state index contributed by atoms with van der Waals surface area (Å²) < 4.78 is 0. The lowest BCUT2D eigenvalue weighted by Crippen LogP contribution is -2.64. The van der Waals surface area contributed by atoms with Crippen LogP contribution in [-0.2, 0) is 9.59 Å². The highest BCUT2D eigenvalue weighted by Gasteiger charge is 2.43. The third-order valence-corrected chi connectivity index (χ3v) is 5.27. The van der Waals surface area contributed by atoms with Crippen molar-refractivity contribution in [3.8, 4) is 0 Å². The quantitative estimate of drug-likeness (QED) is 0.930. The molecule has 1 fully saturated rings. The van der Waals surface area contributed by atoms with Crippen LogP contribution in [0.2, 0.25) is 0 Å². The lowest BCUT2D eigenvalue weighted by atomic mass is 9.95. The summed E-state index contributed by atoms with van der Waals surface area (Å²) in [6.45, 7) is 9.95. The van der Waals surface area contributed by atoms with Gasteiger partial charge in [-0.1, -0.05) is 20.8 Å². The maximum Gasteiger partial charge on any atom is 0.246 e. The molecule has 1 aromatic heterocycles. The Morgan fingerprint density at radius 3 is 2.43 bits per heavy atom. The molecule has 1 aliphatic rings. The third-order valence-electron chi connectivity index (χ3n) is 4.10. The largest absolute Gasteiger partial charge is 0.342 e. The van der Waals surface area contributed by atoms with E-state index in [1.165, 1.54) is 4.88 Å². The number of amides is 2. The molecule has 0 aliphatic carbocycles. The molecular formula is C16H24N2O2S. The number of hydrogen-bond acceptors (Lipinski definition) is 3. The minimum atomic E-state index is -0.413. The number of hydrogen-bond donors (Lipinski definition) is 1. The molecular weight excluding hydrogens is 284 g/mol. The van der Waals surface area contributed by atoms with E-state index < -0.39 is 6.04 Å². The summed E-state index contributed by atoms with van der Waals surface area (Å²) >= 11 is 1.69. The average molecular weight is 308 g/mol. The van der Waals surface area contributed by atoms with Gasteiger partial charge >= 0.3 is 0 Å². The SMILES string of the molecule is CCC1C(=O)NC(C(C)C)C(=O)N1C(C)c1ccc(C)s1. The number of thiophene rings is 1. The van der Waals surface area contributed by atoms with Crippen molar-refractivity contribution < 1.29 is 9.59 Å². The molecule has 0 aromatic carbocycles. The van der Waals surface area contributed by atoms with Crippen LogP contribution in [0.4, 0.5) is 0 Å². The second-order valence-electron chi connectivity index (χ2n) is 6.02. The van der Waals surface area contributed by atoms with Gasteiger partial charge in [0.25, 0.3) is 0 Å². The summed E-state index contributed by atoms with van der Waals surface area (Å²) in [5.41, 5.74) is 0. The van der Waals surface area contributed by atoms with E-state index in [0.717, 1.165) is 4.88 Å². The molecule has 3 atom stereocenters. The highest BCUT2D eigenvalue weighted by atomic mass is 32.1. The maximum atomic E-state index is 12.8. The Hall–Kier alpha value is -1.36. The lowest BCUT2D eigenvalue weighted by Gasteiger charge is -2.43. The first-order valence-electron chi connectivity index (χ1n) is 7.55. The zero-order chi connectivity index (χ0) is 15.7. The normalized spacial score (nSPS) is 24.4. The van der Waals surface area contributed by atoms with Gasteiger partial charge in [-0.05, 0) is 38.3 Å². The summed E-state index contributed by atoms with van der Waals surface area (Å²) in [4.78, 5) is 29.3. The smallest absolute Gasteiger partial charge is 0.246 e. The Morgan fingerprint density at radius 1 is 1.29 bits per heavy atom. The minimum absolute atomic E-state index is 0.0315. The standard InChI is InChI=1S/C16H24N2O2S/c1-6-12-15(19)17-14(9(2)3)16(20)18(12)11(5)13-8-7-10(4)21-13/h7-9,11-12,14H,6H2,1-5H3,(H,17,19). The van der Waals surface area contributed by atoms with Gasteiger partial charge in [0.05, 0.1) is 6.04 Å². The fraction of sp³-hybridized carbons (Fsp3) is 0.625. The molecule has 0 saturated carbocycles. The maximum absolute atomic E-state index is 12.8. The van der Waals surface area contributed by atoms with E-state index in [2.05, 4.69) is 24.4 Å². The van der Waals surface area contributed by atoms with E-state index in [4.69, 9.17) is 0 Å². The van der Waals surface area contributed by atoms with Crippen molar-refractivity contribution in [2.75, 3.05) is 0 Å². The van der Waals surface area contributed by atoms with Gasteiger partial charge in [-0.25, -0.2) is 0 Å². The molecule has 2 amide bonds. The van der Waals surface area contributed by atoms with Crippen LogP contribution in [0.15, 0.2) is 12.1 Å². The molecule has 1 saturated heterocycles. The number of piperazine rings is 1. The molecule has 0 radical (unpaired) electrons. The average Bonchev–Trinajstić information content (AvgIpc) is 2.86. The van der Waals surface area contributed by atoms with Gasteiger partial charge < -0.3 is 10.2 Å². The van der Waals surface area contributed by atoms with Crippen molar-refractivity contribution in [3.05, 3.63) is 21.9 Å². The second kappa shape index (κ2) is 6.18. The summed E-state index contributed by atoms with van der Waals surface area (Å²) in [6, 6.07) is 3.27. The number of carbonyl (C=O) groups is 2. The van der Waals surface area contributed by atoms with Crippen LogP contribution in [0.5, 0.6) is 0 Å². The number of rotatable bonds is 4. The van der Waals surface area contributed by atoms with Crippen molar-refractivity contribution in [1.29, 1.82) is 0 Å². The summed E-state index contributed by atoms with van der Waals surface area (Å²) in [7, 11) is 0. The summed E-state index contributed by atoms with van der Waals surface area (Å²) in [5, 5.41) is 2.88. The Bertz CT molecular complexity index is 538. The van der Waals surface area contributed by atoms with Gasteiger partial charge in [0, 0.05) is 9.75 Å². The fourth-order valence-electron chi connectivity index (χ4n) is 2.86. The van der Waals surface area contributed by atoms with Gasteiger partial charge in [0.15, 0.2) is 0 Å². The zero-order valence-electron chi connectivity index (χ0n) is 13.3. The van der Waals surface area contributed by atoms with E-state index in [0.29, 0.717) is 6.42 Å². The van der Waals surface area contributed by atoms with E-state index in [1.54, 1.807) is 16.2 Å². The number of nitrogens with zero attached hydrogens (tertiary/aromatic N) is 1. The van der Waals surface area contributed by atoms with E-state index in [9.17, 15) is 9.59 Å². The van der Waals surface area contributed by atoms with Gasteiger partial charge in [0.2, 0.25) is 11.8 Å². The number of carbonyl (C=O) groups excluding carboxylic acids is 2. The molecule has 3 unspecified atom stereocenters. The molecule has 0 spiro atoms. The first-order chi connectivity index (χ1) is 9.86. The number of nitrogens with one attached hydrogen (secondary N) is 1. The summed E-state index contributed by atoms with van der Waals surface area (Å²) in [6.07, 6.45) is 0.636. The Labute approximate surface area is 130 Å². The van der Waals surface area contributed by atoms with Crippen molar-refractivity contribution in [1.82, 2.24) is 10.2 Å². The third kappa shape index (κ3) is 2.98. The van der Waals surface area contributed by atoms with Crippen LogP contribution in [0, 0.1) is 12.8 Å². The topological polar surface area (TPSA) is 49.4 Å². The minimum Gasteiger partial charge on any atom is -0.342 e. The highest BCUT2D eigenvalue weighted by Crippen LogP contribution is 2.32. The molecule has 116 valence electrons. The Balaban J connectivity index is 2.35. The van der Waals surface area contributed by atoms with Gasteiger partial charge in [-0.2, -0.15) is 0 Å². The predicted molar refractivity (Wildman–Crippen MR) is 85.2 cm³/mol. The fourth-order valence-corrected chi connectivity index (χ4v) is 3.79. The zero-order valence-corrected chi connectivity index (χ0v) is 14.2. The lowest BCUT2D eigenvalue weighted by molar-refractivity contribution is -0.153. The van der Waals surface area contributed by atoms with Crippen LogP contribution in [0.3, 0.4) is 0 Å². The summed E-state index contributed by atoms with van der Waals surface area (Å²) in [5.74, 6) is 0.102.